The van der Waals surface area contributed by atoms with Crippen LogP contribution in [-0.4, -0.2) is 48.5 Å². The Morgan fingerprint density at radius 3 is 2.65 bits per heavy atom. The number of aliphatic hydroxyl groups is 2. The number of hydrogen-bond acceptors (Lipinski definition) is 13. The molecule has 0 saturated carbocycles. The van der Waals surface area contributed by atoms with E-state index in [-0.39, 0.29) is 36.1 Å². The molecule has 1 heterocycles. The van der Waals surface area contributed by atoms with Crippen molar-refractivity contribution in [2.75, 3.05) is 5.32 Å². The summed E-state index contributed by atoms with van der Waals surface area (Å²) in [5, 5.41) is 60.2. The first-order chi connectivity index (χ1) is 20.5. The quantitative estimate of drug-likeness (QED) is 0.0932. The van der Waals surface area contributed by atoms with Crippen molar-refractivity contribution in [3.8, 4) is 17.0 Å². The number of aromatic nitrogens is 1. The zero-order valence-electron chi connectivity index (χ0n) is 22.0. The second-order valence-electron chi connectivity index (χ2n) is 10.5. The number of nitroso groups, excluding NO2 is 1. The van der Waals surface area contributed by atoms with Gasteiger partial charge in [-0.05, 0) is 41.6 Å². The minimum absolute atomic E-state index is 0.0193. The molecule has 3 aliphatic carbocycles. The van der Waals surface area contributed by atoms with Crippen molar-refractivity contribution in [3.05, 3.63) is 85.7 Å². The largest absolute Gasteiger partial charge is 0.595 e. The Hall–Kier alpha value is -4.96. The minimum Gasteiger partial charge on any atom is -0.595 e. The summed E-state index contributed by atoms with van der Waals surface area (Å²) >= 11 is 1.23. The van der Waals surface area contributed by atoms with Crippen LogP contribution in [0.1, 0.15) is 28.8 Å². The van der Waals surface area contributed by atoms with E-state index >= 15 is 0 Å². The van der Waals surface area contributed by atoms with Gasteiger partial charge in [-0.3, -0.25) is 14.4 Å². The number of phenolic OH excluding ortho intramolecular Hbond substituents is 1. The maximum atomic E-state index is 13.8. The highest BCUT2D eigenvalue weighted by Crippen LogP contribution is 2.53. The number of nitrogens with one attached hydrogen (secondary N) is 2. The summed E-state index contributed by atoms with van der Waals surface area (Å²) < 4.78 is 0. The van der Waals surface area contributed by atoms with Crippen molar-refractivity contribution in [1.29, 1.82) is 0 Å². The molecule has 3 aromatic rings. The first-order valence-corrected chi connectivity index (χ1v) is 13.9. The Balaban J connectivity index is 1.38. The van der Waals surface area contributed by atoms with Gasteiger partial charge >= 0.3 is 0 Å². The van der Waals surface area contributed by atoms with Gasteiger partial charge < -0.3 is 31.6 Å². The number of nitrogens with zero attached hydrogens (tertiary/aromatic N) is 2. The van der Waals surface area contributed by atoms with Crippen LogP contribution in [0.4, 0.5) is 16.5 Å². The second-order valence-corrected chi connectivity index (χ2v) is 11.4. The minimum atomic E-state index is -2.52. The molecule has 0 fully saturated rings. The van der Waals surface area contributed by atoms with E-state index in [0.29, 0.717) is 27.6 Å². The number of thiazole rings is 1. The van der Waals surface area contributed by atoms with E-state index in [9.17, 15) is 45.0 Å². The molecule has 0 saturated heterocycles. The molecule has 43 heavy (non-hydrogen) atoms. The normalized spacial score (nSPS) is 23.8. The molecule has 220 valence electrons. The van der Waals surface area contributed by atoms with Gasteiger partial charge in [0.1, 0.15) is 22.8 Å². The Labute approximate surface area is 245 Å². The molecule has 14 nitrogen and oxygen atoms in total. The second kappa shape index (κ2) is 10.1. The number of carbonyl (C=O) groups excluding carboxylic acids is 3. The van der Waals surface area contributed by atoms with Gasteiger partial charge in [0.2, 0.25) is 11.3 Å². The van der Waals surface area contributed by atoms with Crippen LogP contribution in [0.3, 0.4) is 0 Å². The van der Waals surface area contributed by atoms with Gasteiger partial charge in [0.25, 0.3) is 5.91 Å². The smallest absolute Gasteiger partial charge is 0.255 e. The van der Waals surface area contributed by atoms with Crippen LogP contribution in [0.15, 0.2) is 69.6 Å². The number of phenols is 1. The van der Waals surface area contributed by atoms with Crippen LogP contribution >= 0.6 is 11.3 Å². The predicted octanol–water partition coefficient (Wildman–Crippen LogP) is 2.63. The fraction of sp³-hybridized carbons (Fsp3) is 0.214. The fourth-order valence-electron chi connectivity index (χ4n) is 6.29. The number of quaternary nitrogens is 1. The summed E-state index contributed by atoms with van der Waals surface area (Å²) in [5.74, 6) is -7.09. The maximum Gasteiger partial charge on any atom is 0.255 e. The van der Waals surface area contributed by atoms with Crippen molar-refractivity contribution >= 4 is 45.3 Å². The number of aliphatic hydroxyl groups excluding tert-OH is 2. The van der Waals surface area contributed by atoms with Gasteiger partial charge in [0.05, 0.1) is 11.3 Å². The van der Waals surface area contributed by atoms with Gasteiger partial charge in [-0.1, -0.05) is 12.1 Å². The molecule has 1 unspecified atom stereocenters. The molecule has 8 N–H and O–H groups in total. The highest BCUT2D eigenvalue weighted by atomic mass is 32.1. The van der Waals surface area contributed by atoms with Crippen LogP contribution in [0, 0.1) is 22.0 Å². The number of Topliss-reactive ketones (excluding diaryl/α,β-unsaturated/α-hetero) is 2. The number of anilines is 2. The number of primary amides is 1. The first-order valence-electron chi connectivity index (χ1n) is 13.0. The number of fused-ring (bicyclic) bond motifs is 3. The van der Waals surface area contributed by atoms with Crippen LogP contribution in [0.2, 0.25) is 0 Å². The van der Waals surface area contributed by atoms with Crippen molar-refractivity contribution in [1.82, 2.24) is 4.98 Å². The van der Waals surface area contributed by atoms with Gasteiger partial charge in [0.15, 0.2) is 16.6 Å². The van der Waals surface area contributed by atoms with Crippen LogP contribution < -0.4 is 16.3 Å². The molecular weight excluding hydrogens is 582 g/mol. The van der Waals surface area contributed by atoms with Crippen molar-refractivity contribution < 1.29 is 40.1 Å². The number of hydrogen-bond donors (Lipinski definition) is 7. The topological polar surface area (TPSA) is 240 Å². The van der Waals surface area contributed by atoms with Gasteiger partial charge in [-0.25, -0.2) is 10.2 Å². The molecular formula is C28H23N5O9S. The number of amides is 1. The Morgan fingerprint density at radius 1 is 1.19 bits per heavy atom. The van der Waals surface area contributed by atoms with E-state index in [4.69, 9.17) is 5.73 Å². The van der Waals surface area contributed by atoms with Crippen molar-refractivity contribution in [2.45, 2.75) is 24.8 Å². The zero-order valence-corrected chi connectivity index (χ0v) is 22.8. The number of carbonyl (C=O) groups is 3. The summed E-state index contributed by atoms with van der Waals surface area (Å²) in [6, 6.07) is 9.13. The molecule has 0 bridgehead atoms. The number of rotatable bonds is 6. The van der Waals surface area contributed by atoms with Crippen LogP contribution in [-0.2, 0) is 16.0 Å². The molecule has 0 spiro atoms. The molecule has 1 aromatic heterocycles. The lowest BCUT2D eigenvalue weighted by molar-refractivity contribution is -0.991. The number of benzene rings is 2. The average molecular weight is 606 g/mol. The van der Waals surface area contributed by atoms with Gasteiger partial charge in [-0.2, -0.15) is 5.23 Å². The zero-order chi connectivity index (χ0) is 30.8. The number of nitrogens with two attached hydrogens (primary N) is 1. The highest BCUT2D eigenvalue weighted by Gasteiger charge is 2.62. The van der Waals surface area contributed by atoms with Gasteiger partial charge in [-0.15, -0.1) is 16.2 Å². The molecule has 2 aromatic carbocycles. The Morgan fingerprint density at radius 2 is 1.95 bits per heavy atom. The van der Waals surface area contributed by atoms with E-state index < -0.39 is 62.9 Å². The lowest BCUT2D eigenvalue weighted by Gasteiger charge is -2.44. The molecule has 4 atom stereocenters. The Bertz CT molecular complexity index is 1810. The number of ketones is 2. The highest BCUT2D eigenvalue weighted by molar-refractivity contribution is 7.14. The number of aromatic hydroxyl groups is 1. The average Bonchev–Trinajstić information content (AvgIpc) is 3.43. The third-order valence-corrected chi connectivity index (χ3v) is 9.00. The Kier molecular flexibility index (Phi) is 6.61. The van der Waals surface area contributed by atoms with E-state index in [1.165, 1.54) is 29.5 Å². The van der Waals surface area contributed by atoms with Crippen molar-refractivity contribution in [3.63, 3.8) is 0 Å². The molecule has 15 heteroatoms. The molecule has 1 amide bonds. The predicted molar refractivity (Wildman–Crippen MR) is 151 cm³/mol. The summed E-state index contributed by atoms with van der Waals surface area (Å²) in [6.45, 7) is 0. The maximum absolute atomic E-state index is 13.8. The van der Waals surface area contributed by atoms with Crippen molar-refractivity contribution in [2.24, 2.45) is 22.7 Å². The summed E-state index contributed by atoms with van der Waals surface area (Å²) in [7, 11) is 0. The third kappa shape index (κ3) is 4.20. The van der Waals surface area contributed by atoms with Crippen LogP contribution in [0.5, 0.6) is 5.75 Å². The van der Waals surface area contributed by atoms with E-state index in [2.05, 4.69) is 15.5 Å². The SMILES string of the molecule is NC(=O)C1=C(O)C[C@@H]2C[C@@H]3Cc4c(Nc5nc(-c6cccc([NH+]([O-])O)c6)cs5)ccc(O)c4C(=O)C3=C(O)[C@]2(N=O)C1=O. The van der Waals surface area contributed by atoms with E-state index in [1.807, 2.05) is 0 Å². The molecule has 6 rings (SSSR count). The lowest BCUT2D eigenvalue weighted by atomic mass is 9.59. The van der Waals surface area contributed by atoms with E-state index in [0.717, 1.165) is 0 Å². The fourth-order valence-corrected chi connectivity index (χ4v) is 7.02. The van der Waals surface area contributed by atoms with E-state index in [1.54, 1.807) is 23.6 Å². The number of allylic oxidation sites excluding steroid dienone is 2. The summed E-state index contributed by atoms with van der Waals surface area (Å²) in [6.07, 6.45) is -0.266. The summed E-state index contributed by atoms with van der Waals surface area (Å²) in [4.78, 5) is 55.7. The molecule has 0 aliphatic heterocycles. The van der Waals surface area contributed by atoms with Crippen LogP contribution in [0.25, 0.3) is 11.3 Å². The molecule has 3 aliphatic rings. The summed E-state index contributed by atoms with van der Waals surface area (Å²) in [5.41, 5.74) is 3.51. The third-order valence-electron chi connectivity index (χ3n) is 8.24. The standard InChI is InChI=1S/C28H23N5O9S/c29-26(39)22-19(35)9-13-6-12-8-15-16(30-27-31-17(10-43-27)11-2-1-3-14(7-11)33(41)42)4-5-18(34)21(15)23(36)20(12)24(37)28(13,32-40)25(22)38/h1-5,7,10,12-13,33-35,37,41H,6,8-9H2,(H2,29,39)(H,30,31)/t12-,13+,28+/m1/s1. The van der Waals surface area contributed by atoms with Gasteiger partial charge in [0, 0.05) is 46.7 Å². The molecule has 0 radical (unpaired) electrons. The lowest BCUT2D eigenvalue weighted by Crippen LogP contribution is -2.99. The first kappa shape index (κ1) is 28.2. The monoisotopic (exact) mass is 605 g/mol.